The third-order valence-corrected chi connectivity index (χ3v) is 3.88. The van der Waals surface area contributed by atoms with Crippen LogP contribution in [-0.2, 0) is 6.42 Å². The Hall–Kier alpha value is -2.61. The number of hydrogen-bond acceptors (Lipinski definition) is 2. The SMILES string of the molecule is CCCc1[c]nc(OC)c(-c2ccccc2)c1-c1ccccc1. The van der Waals surface area contributed by atoms with Crippen molar-refractivity contribution in [3.05, 3.63) is 72.4 Å². The Bertz CT molecular complexity index is 767. The van der Waals surface area contributed by atoms with Crippen molar-refractivity contribution in [2.45, 2.75) is 19.8 Å². The lowest BCUT2D eigenvalue weighted by Gasteiger charge is -2.17. The van der Waals surface area contributed by atoms with Crippen LogP contribution in [-0.4, -0.2) is 12.1 Å². The molecule has 0 bridgehead atoms. The summed E-state index contributed by atoms with van der Waals surface area (Å²) in [5.74, 6) is 0.620. The molecule has 2 aromatic carbocycles. The first-order valence-corrected chi connectivity index (χ1v) is 7.94. The lowest BCUT2D eigenvalue weighted by molar-refractivity contribution is 0.399. The largest absolute Gasteiger partial charge is 0.481 e. The molecule has 1 heterocycles. The van der Waals surface area contributed by atoms with Crippen LogP contribution in [0.2, 0.25) is 0 Å². The molecular weight excluding hydrogens is 282 g/mol. The van der Waals surface area contributed by atoms with Crippen LogP contribution in [0, 0.1) is 6.20 Å². The normalized spacial score (nSPS) is 10.5. The molecule has 3 rings (SSSR count). The van der Waals surface area contributed by atoms with Gasteiger partial charge in [0.15, 0.2) is 0 Å². The lowest BCUT2D eigenvalue weighted by atomic mass is 9.90. The number of pyridine rings is 1. The first kappa shape index (κ1) is 15.3. The molecule has 0 unspecified atom stereocenters. The van der Waals surface area contributed by atoms with E-state index < -0.39 is 0 Å². The summed E-state index contributed by atoms with van der Waals surface area (Å²) in [4.78, 5) is 4.43. The average Bonchev–Trinajstić information content (AvgIpc) is 2.63. The van der Waals surface area contributed by atoms with Crippen LogP contribution in [0.5, 0.6) is 5.88 Å². The van der Waals surface area contributed by atoms with Gasteiger partial charge in [-0.1, -0.05) is 74.0 Å². The average molecular weight is 302 g/mol. The van der Waals surface area contributed by atoms with Gasteiger partial charge in [-0.2, -0.15) is 0 Å². The summed E-state index contributed by atoms with van der Waals surface area (Å²) in [6.07, 6.45) is 5.19. The number of benzene rings is 2. The molecule has 1 radical (unpaired) electrons. The number of nitrogens with zero attached hydrogens (tertiary/aromatic N) is 1. The minimum atomic E-state index is 0.620. The predicted molar refractivity (Wildman–Crippen MR) is 94.5 cm³/mol. The Labute approximate surface area is 137 Å². The van der Waals surface area contributed by atoms with E-state index in [2.05, 4.69) is 54.5 Å². The molecule has 3 aromatic rings. The number of rotatable bonds is 5. The summed E-state index contributed by atoms with van der Waals surface area (Å²) in [6.45, 7) is 2.18. The second-order valence-corrected chi connectivity index (χ2v) is 5.44. The van der Waals surface area contributed by atoms with Crippen molar-refractivity contribution in [2.75, 3.05) is 7.11 Å². The minimum absolute atomic E-state index is 0.620. The first-order chi connectivity index (χ1) is 11.3. The van der Waals surface area contributed by atoms with Gasteiger partial charge in [0.2, 0.25) is 5.88 Å². The molecule has 1 aromatic heterocycles. The summed E-state index contributed by atoms with van der Waals surface area (Å²) >= 11 is 0. The van der Waals surface area contributed by atoms with E-state index in [0.717, 1.165) is 29.5 Å². The van der Waals surface area contributed by atoms with Crippen molar-refractivity contribution in [3.63, 3.8) is 0 Å². The molecule has 0 saturated heterocycles. The molecule has 0 aliphatic carbocycles. The van der Waals surface area contributed by atoms with E-state index in [1.54, 1.807) is 7.11 Å². The van der Waals surface area contributed by atoms with Crippen LogP contribution in [0.3, 0.4) is 0 Å². The highest BCUT2D eigenvalue weighted by Gasteiger charge is 2.18. The fourth-order valence-corrected chi connectivity index (χ4v) is 2.86. The second kappa shape index (κ2) is 7.10. The topological polar surface area (TPSA) is 22.1 Å². The minimum Gasteiger partial charge on any atom is -0.481 e. The molecule has 0 amide bonds. The van der Waals surface area contributed by atoms with Crippen LogP contribution >= 0.6 is 0 Å². The zero-order valence-electron chi connectivity index (χ0n) is 13.5. The molecule has 0 fully saturated rings. The maximum absolute atomic E-state index is 5.55. The van der Waals surface area contributed by atoms with E-state index in [0.29, 0.717) is 5.88 Å². The molecule has 0 aliphatic rings. The molecule has 2 nitrogen and oxygen atoms in total. The van der Waals surface area contributed by atoms with E-state index in [4.69, 9.17) is 4.74 Å². The standard InChI is InChI=1S/C21H20NO/c1-3-10-18-15-22-21(23-2)20(17-13-8-5-9-14-17)19(18)16-11-6-4-7-12-16/h4-9,11-14H,3,10H2,1-2H3. The van der Waals surface area contributed by atoms with Gasteiger partial charge in [-0.05, 0) is 23.1 Å². The van der Waals surface area contributed by atoms with Crippen LogP contribution in [0.4, 0.5) is 0 Å². The number of methoxy groups -OCH3 is 1. The summed E-state index contributed by atoms with van der Waals surface area (Å²) in [5.41, 5.74) is 5.64. The van der Waals surface area contributed by atoms with Crippen LogP contribution < -0.4 is 4.74 Å². The predicted octanol–water partition coefficient (Wildman–Crippen LogP) is 5.18. The van der Waals surface area contributed by atoms with Gasteiger partial charge >= 0.3 is 0 Å². The highest BCUT2D eigenvalue weighted by Crippen LogP contribution is 2.40. The summed E-state index contributed by atoms with van der Waals surface area (Å²) in [7, 11) is 1.66. The van der Waals surface area contributed by atoms with Gasteiger partial charge in [0, 0.05) is 5.56 Å². The van der Waals surface area contributed by atoms with Crippen molar-refractivity contribution in [3.8, 4) is 28.1 Å². The second-order valence-electron chi connectivity index (χ2n) is 5.44. The molecule has 115 valence electrons. The van der Waals surface area contributed by atoms with Gasteiger partial charge in [-0.3, -0.25) is 0 Å². The molecule has 2 heteroatoms. The van der Waals surface area contributed by atoms with Crippen molar-refractivity contribution in [1.82, 2.24) is 4.98 Å². The molecule has 0 saturated carbocycles. The summed E-state index contributed by atoms with van der Waals surface area (Å²) < 4.78 is 5.55. The van der Waals surface area contributed by atoms with Crippen molar-refractivity contribution >= 4 is 0 Å². The fraction of sp³-hybridized carbons (Fsp3) is 0.190. The monoisotopic (exact) mass is 302 g/mol. The molecule has 0 N–H and O–H groups in total. The van der Waals surface area contributed by atoms with E-state index in [-0.39, 0.29) is 0 Å². The van der Waals surface area contributed by atoms with E-state index in [9.17, 15) is 0 Å². The van der Waals surface area contributed by atoms with E-state index in [1.165, 1.54) is 11.1 Å². The highest BCUT2D eigenvalue weighted by atomic mass is 16.5. The molecular formula is C21H20NO. The Morgan fingerprint density at radius 2 is 1.43 bits per heavy atom. The third-order valence-electron chi connectivity index (χ3n) is 3.88. The Kier molecular flexibility index (Phi) is 4.72. The Morgan fingerprint density at radius 1 is 0.870 bits per heavy atom. The zero-order valence-corrected chi connectivity index (χ0v) is 13.5. The van der Waals surface area contributed by atoms with Gasteiger partial charge in [-0.15, -0.1) is 0 Å². The Balaban J connectivity index is 2.32. The molecule has 0 spiro atoms. The van der Waals surface area contributed by atoms with Gasteiger partial charge in [0.25, 0.3) is 0 Å². The van der Waals surface area contributed by atoms with E-state index in [1.807, 2.05) is 24.3 Å². The van der Waals surface area contributed by atoms with Gasteiger partial charge in [-0.25, -0.2) is 4.98 Å². The number of aryl methyl sites for hydroxylation is 1. The first-order valence-electron chi connectivity index (χ1n) is 7.94. The number of hydrogen-bond donors (Lipinski definition) is 0. The molecule has 0 aliphatic heterocycles. The third kappa shape index (κ3) is 3.11. The zero-order chi connectivity index (χ0) is 16.1. The van der Waals surface area contributed by atoms with E-state index >= 15 is 0 Å². The van der Waals surface area contributed by atoms with Gasteiger partial charge < -0.3 is 4.74 Å². The summed E-state index contributed by atoms with van der Waals surface area (Å²) in [5, 5.41) is 0. The Morgan fingerprint density at radius 3 is 1.96 bits per heavy atom. The smallest absolute Gasteiger partial charge is 0.222 e. The van der Waals surface area contributed by atoms with Crippen LogP contribution in [0.25, 0.3) is 22.3 Å². The maximum atomic E-state index is 5.55. The maximum Gasteiger partial charge on any atom is 0.222 e. The molecule has 23 heavy (non-hydrogen) atoms. The van der Waals surface area contributed by atoms with Crippen molar-refractivity contribution < 1.29 is 4.74 Å². The highest BCUT2D eigenvalue weighted by molar-refractivity contribution is 5.88. The fourth-order valence-electron chi connectivity index (χ4n) is 2.86. The number of aromatic nitrogens is 1. The van der Waals surface area contributed by atoms with Crippen LogP contribution in [0.15, 0.2) is 60.7 Å². The molecule has 0 atom stereocenters. The van der Waals surface area contributed by atoms with Gasteiger partial charge in [0.05, 0.1) is 18.9 Å². The quantitative estimate of drug-likeness (QED) is 0.648. The summed E-state index contributed by atoms with van der Waals surface area (Å²) in [6, 6.07) is 20.7. The van der Waals surface area contributed by atoms with Crippen molar-refractivity contribution in [2.24, 2.45) is 0 Å². The number of ether oxygens (including phenoxy) is 1. The lowest BCUT2D eigenvalue weighted by Crippen LogP contribution is -2.00. The van der Waals surface area contributed by atoms with Crippen LogP contribution in [0.1, 0.15) is 18.9 Å². The van der Waals surface area contributed by atoms with Crippen molar-refractivity contribution in [1.29, 1.82) is 0 Å². The van der Waals surface area contributed by atoms with Gasteiger partial charge in [0.1, 0.15) is 0 Å².